The first-order valence-electron chi connectivity index (χ1n) is 4.87. The number of hydrogen-bond donors (Lipinski definition) is 1. The molecule has 0 rings (SSSR count). The van der Waals surface area contributed by atoms with Gasteiger partial charge in [-0.25, -0.2) is 0 Å². The largest absolute Gasteiger partial charge is 0.396 e. The molecule has 0 heterocycles. The first kappa shape index (κ1) is 12.6. The van der Waals surface area contributed by atoms with Gasteiger partial charge in [-0.1, -0.05) is 0 Å². The third-order valence-corrected chi connectivity index (χ3v) is 2.32. The van der Waals surface area contributed by atoms with Crippen LogP contribution in [-0.2, 0) is 4.79 Å². The zero-order chi connectivity index (χ0) is 10.4. The van der Waals surface area contributed by atoms with E-state index in [-0.39, 0.29) is 18.4 Å². The summed E-state index contributed by atoms with van der Waals surface area (Å²) in [6.45, 7) is 8.63. The van der Waals surface area contributed by atoms with E-state index in [1.807, 2.05) is 6.92 Å². The van der Waals surface area contributed by atoms with Gasteiger partial charge in [0.2, 0.25) is 0 Å². The van der Waals surface area contributed by atoms with E-state index in [1.165, 1.54) is 0 Å². The van der Waals surface area contributed by atoms with E-state index >= 15 is 0 Å². The number of aliphatic hydroxyl groups excluding tert-OH is 1. The Hall–Kier alpha value is -0.410. The summed E-state index contributed by atoms with van der Waals surface area (Å²) in [7, 11) is 0. The highest BCUT2D eigenvalue weighted by Gasteiger charge is 2.19. The second-order valence-corrected chi connectivity index (χ2v) is 3.70. The monoisotopic (exact) mass is 187 g/mol. The maximum atomic E-state index is 11.1. The van der Waals surface area contributed by atoms with Gasteiger partial charge in [-0.05, 0) is 34.1 Å². The summed E-state index contributed by atoms with van der Waals surface area (Å²) < 4.78 is 0. The highest BCUT2D eigenvalue weighted by atomic mass is 16.3. The van der Waals surface area contributed by atoms with Crippen LogP contribution in [0.3, 0.4) is 0 Å². The molecule has 3 nitrogen and oxygen atoms in total. The van der Waals surface area contributed by atoms with E-state index in [0.717, 1.165) is 13.0 Å². The van der Waals surface area contributed by atoms with Gasteiger partial charge in [0.05, 0.1) is 6.04 Å². The Bertz CT molecular complexity index is 157. The van der Waals surface area contributed by atoms with Crippen molar-refractivity contribution in [3.63, 3.8) is 0 Å². The van der Waals surface area contributed by atoms with Crippen molar-refractivity contribution in [1.82, 2.24) is 4.90 Å². The van der Waals surface area contributed by atoms with Gasteiger partial charge in [0.1, 0.15) is 5.78 Å². The summed E-state index contributed by atoms with van der Waals surface area (Å²) in [5.74, 6) is 0.187. The van der Waals surface area contributed by atoms with E-state index in [4.69, 9.17) is 5.11 Å². The lowest BCUT2D eigenvalue weighted by Crippen LogP contribution is -2.43. The summed E-state index contributed by atoms with van der Waals surface area (Å²) >= 11 is 0. The van der Waals surface area contributed by atoms with Crippen LogP contribution in [-0.4, -0.2) is 41.0 Å². The third-order valence-electron chi connectivity index (χ3n) is 2.32. The zero-order valence-corrected chi connectivity index (χ0v) is 9.08. The van der Waals surface area contributed by atoms with Gasteiger partial charge < -0.3 is 5.11 Å². The van der Waals surface area contributed by atoms with Crippen LogP contribution in [0, 0.1) is 0 Å². The average Bonchev–Trinajstić information content (AvgIpc) is 2.04. The normalized spacial score (nSPS) is 13.8. The van der Waals surface area contributed by atoms with Crippen molar-refractivity contribution in [3.8, 4) is 0 Å². The zero-order valence-electron chi connectivity index (χ0n) is 9.08. The summed E-state index contributed by atoms with van der Waals surface area (Å²) in [6.07, 6.45) is 0.732. The van der Waals surface area contributed by atoms with Crippen molar-refractivity contribution in [2.24, 2.45) is 0 Å². The molecular weight excluding hydrogens is 166 g/mol. The number of ketones is 1. The summed E-state index contributed by atoms with van der Waals surface area (Å²) in [5.41, 5.74) is 0. The molecule has 1 atom stereocenters. The first-order valence-corrected chi connectivity index (χ1v) is 4.87. The van der Waals surface area contributed by atoms with Crippen molar-refractivity contribution >= 4 is 5.78 Å². The molecule has 3 heteroatoms. The van der Waals surface area contributed by atoms with Crippen LogP contribution in [0.2, 0.25) is 0 Å². The smallest absolute Gasteiger partial charge is 0.146 e. The minimum Gasteiger partial charge on any atom is -0.396 e. The van der Waals surface area contributed by atoms with E-state index in [9.17, 15) is 4.79 Å². The van der Waals surface area contributed by atoms with Gasteiger partial charge in [-0.15, -0.1) is 0 Å². The Morgan fingerprint density at radius 3 is 2.23 bits per heavy atom. The maximum Gasteiger partial charge on any atom is 0.146 e. The highest BCUT2D eigenvalue weighted by molar-refractivity contribution is 5.80. The molecule has 0 aliphatic rings. The molecule has 0 saturated carbocycles. The van der Waals surface area contributed by atoms with Crippen molar-refractivity contribution in [2.75, 3.05) is 13.2 Å². The van der Waals surface area contributed by atoms with Crippen molar-refractivity contribution < 1.29 is 9.90 Å². The van der Waals surface area contributed by atoms with Crippen molar-refractivity contribution in [1.29, 1.82) is 0 Å². The van der Waals surface area contributed by atoms with E-state index in [2.05, 4.69) is 18.7 Å². The van der Waals surface area contributed by atoms with Crippen LogP contribution in [0.5, 0.6) is 0 Å². The average molecular weight is 187 g/mol. The molecule has 1 unspecified atom stereocenters. The molecule has 0 aromatic carbocycles. The molecule has 0 amide bonds. The van der Waals surface area contributed by atoms with Crippen LogP contribution in [0.4, 0.5) is 0 Å². The molecule has 0 fully saturated rings. The first-order chi connectivity index (χ1) is 6.00. The molecule has 0 bridgehead atoms. The molecular formula is C10H21NO2. The quantitative estimate of drug-likeness (QED) is 0.676. The lowest BCUT2D eigenvalue weighted by atomic mass is 10.1. The van der Waals surface area contributed by atoms with Gasteiger partial charge in [0.15, 0.2) is 0 Å². The molecule has 0 aromatic heterocycles. The standard InChI is InChI=1S/C10H21NO2/c1-8(2)11(6-5-7-12)9(3)10(4)13/h8-9,12H,5-7H2,1-4H3. The maximum absolute atomic E-state index is 11.1. The predicted molar refractivity (Wildman–Crippen MR) is 53.7 cm³/mol. The predicted octanol–water partition coefficient (Wildman–Crippen LogP) is 1.06. The van der Waals surface area contributed by atoms with Crippen molar-refractivity contribution in [3.05, 3.63) is 0 Å². The van der Waals surface area contributed by atoms with E-state index in [0.29, 0.717) is 6.04 Å². The number of carbonyl (C=O) groups is 1. The highest BCUT2D eigenvalue weighted by Crippen LogP contribution is 2.06. The van der Waals surface area contributed by atoms with Gasteiger partial charge in [0.25, 0.3) is 0 Å². The lowest BCUT2D eigenvalue weighted by molar-refractivity contribution is -0.122. The Morgan fingerprint density at radius 1 is 1.38 bits per heavy atom. The van der Waals surface area contributed by atoms with Crippen LogP contribution in [0.25, 0.3) is 0 Å². The van der Waals surface area contributed by atoms with Crippen molar-refractivity contribution in [2.45, 2.75) is 46.2 Å². The topological polar surface area (TPSA) is 40.5 Å². The van der Waals surface area contributed by atoms with Gasteiger partial charge in [-0.2, -0.15) is 0 Å². The second kappa shape index (κ2) is 6.11. The minimum atomic E-state index is -0.0356. The molecule has 0 radical (unpaired) electrons. The molecule has 0 aliphatic carbocycles. The number of Topliss-reactive ketones (excluding diaryl/α,β-unsaturated/α-hetero) is 1. The molecule has 13 heavy (non-hydrogen) atoms. The number of rotatable bonds is 6. The van der Waals surface area contributed by atoms with Crippen LogP contribution in [0.15, 0.2) is 0 Å². The third kappa shape index (κ3) is 4.39. The summed E-state index contributed by atoms with van der Waals surface area (Å²) in [4.78, 5) is 13.3. The van der Waals surface area contributed by atoms with Gasteiger partial charge in [-0.3, -0.25) is 9.69 Å². The van der Waals surface area contributed by atoms with Crippen LogP contribution < -0.4 is 0 Å². The van der Waals surface area contributed by atoms with Crippen LogP contribution >= 0.6 is 0 Å². The fourth-order valence-corrected chi connectivity index (χ4v) is 1.39. The summed E-state index contributed by atoms with van der Waals surface area (Å²) in [6, 6.07) is 0.317. The van der Waals surface area contributed by atoms with Gasteiger partial charge >= 0.3 is 0 Å². The SMILES string of the molecule is CC(=O)C(C)N(CCCO)C(C)C. The fraction of sp³-hybridized carbons (Fsp3) is 0.900. The Balaban J connectivity index is 4.15. The molecule has 78 valence electrons. The van der Waals surface area contributed by atoms with Crippen LogP contribution in [0.1, 0.15) is 34.1 Å². The second-order valence-electron chi connectivity index (χ2n) is 3.70. The Morgan fingerprint density at radius 2 is 1.92 bits per heavy atom. The molecule has 0 aromatic rings. The number of nitrogens with zero attached hydrogens (tertiary/aromatic N) is 1. The van der Waals surface area contributed by atoms with Gasteiger partial charge in [0, 0.05) is 19.2 Å². The molecule has 0 saturated heterocycles. The summed E-state index contributed by atoms with van der Waals surface area (Å²) in [5, 5.41) is 8.71. The number of carbonyl (C=O) groups excluding carboxylic acids is 1. The lowest BCUT2D eigenvalue weighted by Gasteiger charge is -2.30. The molecule has 1 N–H and O–H groups in total. The van der Waals surface area contributed by atoms with E-state index in [1.54, 1.807) is 6.92 Å². The number of hydrogen-bond acceptors (Lipinski definition) is 3. The number of aliphatic hydroxyl groups is 1. The molecule has 0 aliphatic heterocycles. The van der Waals surface area contributed by atoms with E-state index < -0.39 is 0 Å². The Kier molecular flexibility index (Phi) is 5.91. The fourth-order valence-electron chi connectivity index (χ4n) is 1.39. The minimum absolute atomic E-state index is 0.0356. The molecule has 0 spiro atoms. The Labute approximate surface area is 80.7 Å².